The number of rotatable bonds is 3. The first-order valence-corrected chi connectivity index (χ1v) is 7.69. The molecule has 1 heterocycles. The lowest BCUT2D eigenvalue weighted by Gasteiger charge is -2.23. The van der Waals surface area contributed by atoms with Crippen LogP contribution in [0.4, 0.5) is 0 Å². The van der Waals surface area contributed by atoms with Gasteiger partial charge in [-0.05, 0) is 56.2 Å². The van der Waals surface area contributed by atoms with Crippen LogP contribution in [0.25, 0.3) is 0 Å². The molecule has 1 aromatic carbocycles. The molecule has 1 aliphatic carbocycles. The number of nitrogens with zero attached hydrogens (tertiary/aromatic N) is 1. The number of hydrogen-bond donors (Lipinski definition) is 1. The summed E-state index contributed by atoms with van der Waals surface area (Å²) in [6.45, 7) is 1.81. The van der Waals surface area contributed by atoms with E-state index < -0.39 is 0 Å². The molecule has 1 amide bonds. The first-order valence-electron chi connectivity index (χ1n) is 7.69. The van der Waals surface area contributed by atoms with Crippen LogP contribution in [0.1, 0.15) is 53.5 Å². The van der Waals surface area contributed by atoms with Gasteiger partial charge in [0.15, 0.2) is 5.76 Å². The highest BCUT2D eigenvalue weighted by atomic mass is 16.3. The minimum atomic E-state index is -0.286. The summed E-state index contributed by atoms with van der Waals surface area (Å²) in [6.07, 6.45) is 4.02. The lowest BCUT2D eigenvalue weighted by Crippen LogP contribution is -2.21. The zero-order valence-corrected chi connectivity index (χ0v) is 12.7. The van der Waals surface area contributed by atoms with E-state index in [1.54, 1.807) is 12.1 Å². The third-order valence-electron chi connectivity index (χ3n) is 4.11. The largest absolute Gasteiger partial charge is 0.456 e. The molecule has 1 fully saturated rings. The summed E-state index contributed by atoms with van der Waals surface area (Å²) in [7, 11) is 0. The minimum Gasteiger partial charge on any atom is -0.456 e. The molecule has 0 atom stereocenters. The van der Waals surface area contributed by atoms with Gasteiger partial charge in [0, 0.05) is 5.71 Å². The lowest BCUT2D eigenvalue weighted by atomic mass is 9.83. The van der Waals surface area contributed by atoms with Gasteiger partial charge in [-0.15, -0.1) is 0 Å². The Bertz CT molecular complexity index is 663. The van der Waals surface area contributed by atoms with E-state index in [0.29, 0.717) is 11.7 Å². The maximum atomic E-state index is 11.9. The molecule has 22 heavy (non-hydrogen) atoms. The van der Waals surface area contributed by atoms with E-state index in [1.165, 1.54) is 5.56 Å². The van der Waals surface area contributed by atoms with Crippen molar-refractivity contribution >= 4 is 11.6 Å². The molecule has 1 aromatic heterocycles. The van der Waals surface area contributed by atoms with Gasteiger partial charge in [0.2, 0.25) is 0 Å². The molecule has 114 valence electrons. The van der Waals surface area contributed by atoms with Crippen LogP contribution in [0.15, 0.2) is 52.0 Å². The van der Waals surface area contributed by atoms with Crippen LogP contribution in [0.3, 0.4) is 0 Å². The first-order chi connectivity index (χ1) is 10.7. The number of hydrazone groups is 1. The highest BCUT2D eigenvalue weighted by Crippen LogP contribution is 2.31. The number of amides is 1. The molecule has 1 saturated carbocycles. The van der Waals surface area contributed by atoms with Crippen LogP contribution in [-0.4, -0.2) is 11.6 Å². The summed E-state index contributed by atoms with van der Waals surface area (Å²) in [5, 5.41) is 4.25. The summed E-state index contributed by atoms with van der Waals surface area (Å²) in [4.78, 5) is 11.9. The molecule has 3 rings (SSSR count). The summed E-state index contributed by atoms with van der Waals surface area (Å²) < 4.78 is 5.28. The number of nitrogens with one attached hydrogen (secondary N) is 1. The summed E-state index contributed by atoms with van der Waals surface area (Å²) >= 11 is 0. The first kappa shape index (κ1) is 14.6. The fourth-order valence-corrected chi connectivity index (χ4v) is 2.86. The molecule has 0 spiro atoms. The Morgan fingerprint density at radius 1 is 1.14 bits per heavy atom. The number of benzene rings is 1. The number of hydrogen-bond acceptors (Lipinski definition) is 3. The maximum Gasteiger partial charge on any atom is 0.307 e. The van der Waals surface area contributed by atoms with Crippen LogP contribution in [0, 0.1) is 6.92 Å². The van der Waals surface area contributed by atoms with Gasteiger partial charge in [0.05, 0.1) is 0 Å². The maximum absolute atomic E-state index is 11.9. The van der Waals surface area contributed by atoms with Crippen LogP contribution in [0.2, 0.25) is 0 Å². The van der Waals surface area contributed by atoms with E-state index in [-0.39, 0.29) is 5.91 Å². The van der Waals surface area contributed by atoms with Crippen molar-refractivity contribution in [1.82, 2.24) is 5.43 Å². The number of carbonyl (C=O) groups excluding carboxylic acids is 1. The molecule has 4 heteroatoms. The van der Waals surface area contributed by atoms with Crippen molar-refractivity contribution in [3.05, 3.63) is 59.5 Å². The second-order valence-corrected chi connectivity index (χ2v) is 5.71. The summed E-state index contributed by atoms with van der Waals surface area (Å²) in [6, 6.07) is 14.0. The van der Waals surface area contributed by atoms with Crippen LogP contribution >= 0.6 is 0 Å². The fraction of sp³-hybridized carbons (Fsp3) is 0.333. The molecule has 4 nitrogen and oxygen atoms in total. The predicted octanol–water partition coefficient (Wildman–Crippen LogP) is 4.03. The molecule has 0 bridgehead atoms. The van der Waals surface area contributed by atoms with Crippen LogP contribution in [-0.2, 0) is 0 Å². The zero-order chi connectivity index (χ0) is 15.4. The second kappa shape index (κ2) is 6.60. The molecule has 1 aliphatic rings. The zero-order valence-electron chi connectivity index (χ0n) is 12.7. The molecule has 0 radical (unpaired) electrons. The quantitative estimate of drug-likeness (QED) is 0.869. The van der Waals surface area contributed by atoms with Gasteiger partial charge in [-0.1, -0.05) is 30.3 Å². The van der Waals surface area contributed by atoms with Crippen molar-refractivity contribution in [2.45, 2.75) is 38.5 Å². The van der Waals surface area contributed by atoms with Crippen molar-refractivity contribution < 1.29 is 9.21 Å². The molecular formula is C18H20N2O2. The van der Waals surface area contributed by atoms with E-state index in [9.17, 15) is 4.79 Å². The average Bonchev–Trinajstić information content (AvgIpc) is 3.00. The SMILES string of the molecule is Cc1ccc(C(=O)NN=C2CCC(c3ccccc3)CC2)o1. The highest BCUT2D eigenvalue weighted by molar-refractivity contribution is 5.93. The van der Waals surface area contributed by atoms with Gasteiger partial charge < -0.3 is 4.42 Å². The molecule has 0 unspecified atom stereocenters. The third kappa shape index (κ3) is 3.45. The highest BCUT2D eigenvalue weighted by Gasteiger charge is 2.19. The van der Waals surface area contributed by atoms with Gasteiger partial charge in [0.1, 0.15) is 5.76 Å². The van der Waals surface area contributed by atoms with Gasteiger partial charge >= 0.3 is 5.91 Å². The molecule has 0 aliphatic heterocycles. The van der Waals surface area contributed by atoms with E-state index >= 15 is 0 Å². The van der Waals surface area contributed by atoms with E-state index in [1.807, 2.05) is 13.0 Å². The van der Waals surface area contributed by atoms with Gasteiger partial charge in [-0.25, -0.2) is 5.43 Å². The van der Waals surface area contributed by atoms with Crippen molar-refractivity contribution in [2.24, 2.45) is 5.10 Å². The van der Waals surface area contributed by atoms with E-state index in [0.717, 1.165) is 37.2 Å². The molecule has 2 aromatic rings. The van der Waals surface area contributed by atoms with Crippen LogP contribution in [0.5, 0.6) is 0 Å². The standard InChI is InChI=1S/C18H20N2O2/c1-13-7-12-17(22-13)18(21)20-19-16-10-8-15(9-11-16)14-5-3-2-4-6-14/h2-7,12,15H,8-11H2,1H3,(H,20,21). The Morgan fingerprint density at radius 2 is 1.86 bits per heavy atom. The van der Waals surface area contributed by atoms with Gasteiger partial charge in [-0.2, -0.15) is 5.10 Å². The Labute approximate surface area is 130 Å². The smallest absolute Gasteiger partial charge is 0.307 e. The topological polar surface area (TPSA) is 54.6 Å². The van der Waals surface area contributed by atoms with Crippen molar-refractivity contribution in [1.29, 1.82) is 0 Å². The van der Waals surface area contributed by atoms with E-state index in [4.69, 9.17) is 4.42 Å². The number of aryl methyl sites for hydroxylation is 1. The second-order valence-electron chi connectivity index (χ2n) is 5.71. The fourth-order valence-electron chi connectivity index (χ4n) is 2.86. The Hall–Kier alpha value is -2.36. The van der Waals surface area contributed by atoms with Crippen molar-refractivity contribution in [2.75, 3.05) is 0 Å². The average molecular weight is 296 g/mol. The Balaban J connectivity index is 1.54. The lowest BCUT2D eigenvalue weighted by molar-refractivity contribution is 0.0925. The minimum absolute atomic E-state index is 0.286. The summed E-state index contributed by atoms with van der Waals surface area (Å²) in [5.41, 5.74) is 5.05. The normalized spacial score (nSPS) is 18.0. The molecule has 0 saturated heterocycles. The monoisotopic (exact) mass is 296 g/mol. The third-order valence-corrected chi connectivity index (χ3v) is 4.11. The number of furan rings is 1. The Kier molecular flexibility index (Phi) is 4.37. The van der Waals surface area contributed by atoms with Gasteiger partial charge in [0.25, 0.3) is 0 Å². The molecule has 1 N–H and O–H groups in total. The van der Waals surface area contributed by atoms with E-state index in [2.05, 4.69) is 34.8 Å². The Morgan fingerprint density at radius 3 is 2.50 bits per heavy atom. The summed E-state index contributed by atoms with van der Waals surface area (Å²) in [5.74, 6) is 1.34. The van der Waals surface area contributed by atoms with Crippen LogP contribution < -0.4 is 5.43 Å². The number of carbonyl (C=O) groups is 1. The van der Waals surface area contributed by atoms with Gasteiger partial charge in [-0.3, -0.25) is 4.79 Å². The predicted molar refractivity (Wildman–Crippen MR) is 86.0 cm³/mol. The molecular weight excluding hydrogens is 276 g/mol. The van der Waals surface area contributed by atoms with Crippen molar-refractivity contribution in [3.63, 3.8) is 0 Å². The van der Waals surface area contributed by atoms with Crippen molar-refractivity contribution in [3.8, 4) is 0 Å².